The second-order valence-electron chi connectivity index (χ2n) is 5.55. The van der Waals surface area contributed by atoms with Gasteiger partial charge < -0.3 is 9.84 Å². The average Bonchev–Trinajstić information content (AvgIpc) is 2.48. The van der Waals surface area contributed by atoms with Gasteiger partial charge in [-0.15, -0.1) is 0 Å². The molecule has 0 saturated carbocycles. The molecule has 6 heteroatoms. The zero-order valence-electron chi connectivity index (χ0n) is 12.6. The number of aryl methyl sites for hydroxylation is 1. The van der Waals surface area contributed by atoms with E-state index in [0.29, 0.717) is 31.2 Å². The number of benzene rings is 1. The molecule has 21 heavy (non-hydrogen) atoms. The summed E-state index contributed by atoms with van der Waals surface area (Å²) < 4.78 is 32.0. The van der Waals surface area contributed by atoms with Gasteiger partial charge >= 0.3 is 0 Å². The summed E-state index contributed by atoms with van der Waals surface area (Å²) in [6, 6.07) is 4.94. The molecule has 5 nitrogen and oxygen atoms in total. The highest BCUT2D eigenvalue weighted by atomic mass is 32.2. The summed E-state index contributed by atoms with van der Waals surface area (Å²) in [6.45, 7) is 3.45. The first-order valence-corrected chi connectivity index (χ1v) is 8.62. The van der Waals surface area contributed by atoms with Gasteiger partial charge in [0.2, 0.25) is 10.0 Å². The van der Waals surface area contributed by atoms with Crippen LogP contribution in [0.3, 0.4) is 0 Å². The highest BCUT2D eigenvalue weighted by molar-refractivity contribution is 7.89. The Hall–Kier alpha value is -0.950. The van der Waals surface area contributed by atoms with E-state index >= 15 is 0 Å². The summed E-state index contributed by atoms with van der Waals surface area (Å²) in [4.78, 5) is 0.266. The van der Waals surface area contributed by atoms with E-state index < -0.39 is 10.0 Å². The standard InChI is InChI=1S/C15H23NO4S/c1-12-3-4-15(9-14(12)10-17)21(18,19)16-7-5-13(6-8-16)11-20-2/h3-4,9,13,17H,5-8,10-11H2,1-2H3. The largest absolute Gasteiger partial charge is 0.392 e. The second kappa shape index (κ2) is 6.87. The first-order valence-electron chi connectivity index (χ1n) is 7.18. The fourth-order valence-electron chi connectivity index (χ4n) is 2.68. The molecule has 0 unspecified atom stereocenters. The third-order valence-corrected chi connectivity index (χ3v) is 6.00. The lowest BCUT2D eigenvalue weighted by Crippen LogP contribution is -2.39. The molecule has 0 radical (unpaired) electrons. The van der Waals surface area contributed by atoms with Gasteiger partial charge in [-0.05, 0) is 48.9 Å². The first kappa shape index (κ1) is 16.4. The Morgan fingerprint density at radius 3 is 2.57 bits per heavy atom. The lowest BCUT2D eigenvalue weighted by molar-refractivity contribution is 0.121. The summed E-state index contributed by atoms with van der Waals surface area (Å²) in [5, 5.41) is 9.29. The molecule has 118 valence electrons. The second-order valence-corrected chi connectivity index (χ2v) is 7.49. The van der Waals surface area contributed by atoms with Crippen LogP contribution in [-0.4, -0.2) is 44.6 Å². The Morgan fingerprint density at radius 1 is 1.33 bits per heavy atom. The molecule has 1 aliphatic heterocycles. The van der Waals surface area contributed by atoms with Crippen molar-refractivity contribution in [3.8, 4) is 0 Å². The van der Waals surface area contributed by atoms with Crippen LogP contribution in [0.5, 0.6) is 0 Å². The topological polar surface area (TPSA) is 66.8 Å². The van der Waals surface area contributed by atoms with E-state index in [1.165, 1.54) is 4.31 Å². The summed E-state index contributed by atoms with van der Waals surface area (Å²) in [7, 11) is -1.80. The molecule has 1 aromatic rings. The van der Waals surface area contributed by atoms with Gasteiger partial charge in [-0.3, -0.25) is 0 Å². The number of hydrogen-bond donors (Lipinski definition) is 1. The molecule has 1 aromatic carbocycles. The molecule has 1 aliphatic rings. The number of hydrogen-bond acceptors (Lipinski definition) is 4. The van der Waals surface area contributed by atoms with Crippen LogP contribution in [0.25, 0.3) is 0 Å². The number of methoxy groups -OCH3 is 1. The average molecular weight is 313 g/mol. The Morgan fingerprint density at radius 2 is 2.00 bits per heavy atom. The van der Waals surface area contributed by atoms with Crippen molar-refractivity contribution in [2.24, 2.45) is 5.92 Å². The van der Waals surface area contributed by atoms with Gasteiger partial charge in [0.1, 0.15) is 0 Å². The van der Waals surface area contributed by atoms with Crippen LogP contribution < -0.4 is 0 Å². The molecule has 0 bridgehead atoms. The van der Waals surface area contributed by atoms with Crippen LogP contribution in [0.2, 0.25) is 0 Å². The van der Waals surface area contributed by atoms with E-state index in [-0.39, 0.29) is 11.5 Å². The van der Waals surface area contributed by atoms with E-state index in [9.17, 15) is 13.5 Å². The van der Waals surface area contributed by atoms with Gasteiger partial charge in [-0.2, -0.15) is 4.31 Å². The third-order valence-electron chi connectivity index (χ3n) is 4.10. The highest BCUT2D eigenvalue weighted by Crippen LogP contribution is 2.25. The number of ether oxygens (including phenoxy) is 1. The lowest BCUT2D eigenvalue weighted by Gasteiger charge is -2.31. The van der Waals surface area contributed by atoms with Crippen LogP contribution >= 0.6 is 0 Å². The zero-order valence-corrected chi connectivity index (χ0v) is 13.4. The molecular formula is C15H23NO4S. The van der Waals surface area contributed by atoms with Crippen LogP contribution in [0.1, 0.15) is 24.0 Å². The summed E-state index contributed by atoms with van der Waals surface area (Å²) >= 11 is 0. The zero-order chi connectivity index (χ0) is 15.5. The van der Waals surface area contributed by atoms with Crippen molar-refractivity contribution in [1.29, 1.82) is 0 Å². The van der Waals surface area contributed by atoms with Gasteiger partial charge in [0.25, 0.3) is 0 Å². The number of aliphatic hydroxyl groups excluding tert-OH is 1. The van der Waals surface area contributed by atoms with Crippen LogP contribution in [0.4, 0.5) is 0 Å². The van der Waals surface area contributed by atoms with E-state index in [0.717, 1.165) is 18.4 Å². The van der Waals surface area contributed by atoms with Crippen LogP contribution in [0.15, 0.2) is 23.1 Å². The maximum atomic E-state index is 12.6. The van der Waals surface area contributed by atoms with Crippen molar-refractivity contribution >= 4 is 10.0 Å². The van der Waals surface area contributed by atoms with E-state index in [4.69, 9.17) is 4.74 Å². The van der Waals surface area contributed by atoms with Crippen molar-refractivity contribution in [3.05, 3.63) is 29.3 Å². The maximum absolute atomic E-state index is 12.6. The van der Waals surface area contributed by atoms with E-state index in [1.807, 2.05) is 6.92 Å². The maximum Gasteiger partial charge on any atom is 0.243 e. The van der Waals surface area contributed by atoms with Gasteiger partial charge in [0.15, 0.2) is 0 Å². The molecule has 0 atom stereocenters. The molecule has 0 aliphatic carbocycles. The summed E-state index contributed by atoms with van der Waals surface area (Å²) in [6.07, 6.45) is 1.65. The Labute approximate surface area is 126 Å². The predicted molar refractivity (Wildman–Crippen MR) is 80.5 cm³/mol. The number of sulfonamides is 1. The number of nitrogens with zero attached hydrogens (tertiary/aromatic N) is 1. The fourth-order valence-corrected chi connectivity index (χ4v) is 4.20. The molecule has 1 N–H and O–H groups in total. The van der Waals surface area contributed by atoms with Gasteiger partial charge in [0.05, 0.1) is 11.5 Å². The van der Waals surface area contributed by atoms with E-state index in [1.54, 1.807) is 25.3 Å². The minimum absolute atomic E-state index is 0.148. The van der Waals surface area contributed by atoms with Gasteiger partial charge in [0, 0.05) is 26.8 Å². The highest BCUT2D eigenvalue weighted by Gasteiger charge is 2.29. The molecule has 1 heterocycles. The van der Waals surface area contributed by atoms with Crippen molar-refractivity contribution in [3.63, 3.8) is 0 Å². The molecule has 2 rings (SSSR count). The van der Waals surface area contributed by atoms with Gasteiger partial charge in [-0.1, -0.05) is 6.07 Å². The Kier molecular flexibility index (Phi) is 5.37. The molecule has 1 fully saturated rings. The van der Waals surface area contributed by atoms with Crippen molar-refractivity contribution < 1.29 is 18.3 Å². The minimum Gasteiger partial charge on any atom is -0.392 e. The monoisotopic (exact) mass is 313 g/mol. The minimum atomic E-state index is -3.47. The van der Waals surface area contributed by atoms with Crippen molar-refractivity contribution in [2.45, 2.75) is 31.3 Å². The Bertz CT molecular complexity index is 577. The molecule has 1 saturated heterocycles. The normalized spacial score (nSPS) is 18.0. The summed E-state index contributed by atoms with van der Waals surface area (Å²) in [5.74, 6) is 0.437. The molecular weight excluding hydrogens is 290 g/mol. The van der Waals surface area contributed by atoms with E-state index in [2.05, 4.69) is 0 Å². The van der Waals surface area contributed by atoms with Crippen molar-refractivity contribution in [1.82, 2.24) is 4.31 Å². The molecule has 0 spiro atoms. The number of piperidine rings is 1. The smallest absolute Gasteiger partial charge is 0.243 e. The quantitative estimate of drug-likeness (QED) is 0.895. The predicted octanol–water partition coefficient (Wildman–Crippen LogP) is 1.53. The third kappa shape index (κ3) is 3.63. The molecule has 0 aromatic heterocycles. The Balaban J connectivity index is 2.15. The van der Waals surface area contributed by atoms with Gasteiger partial charge in [-0.25, -0.2) is 8.42 Å². The first-order chi connectivity index (χ1) is 9.98. The fraction of sp³-hybridized carbons (Fsp3) is 0.600. The number of rotatable bonds is 5. The SMILES string of the molecule is COCC1CCN(S(=O)(=O)c2ccc(C)c(CO)c2)CC1. The van der Waals surface area contributed by atoms with Crippen molar-refractivity contribution in [2.75, 3.05) is 26.8 Å². The lowest BCUT2D eigenvalue weighted by atomic mass is 9.99. The summed E-state index contributed by atoms with van der Waals surface area (Å²) in [5.41, 5.74) is 1.56. The van der Waals surface area contributed by atoms with Crippen LogP contribution in [0, 0.1) is 12.8 Å². The molecule has 0 amide bonds. The van der Waals surface area contributed by atoms with Crippen LogP contribution in [-0.2, 0) is 21.4 Å². The number of aliphatic hydroxyl groups is 1.